The molecule has 104 valence electrons. The van der Waals surface area contributed by atoms with Gasteiger partial charge < -0.3 is 10.6 Å². The molecule has 2 N–H and O–H groups in total. The monoisotopic (exact) mass is 260 g/mol. The topological polar surface area (TPSA) is 49.8 Å². The van der Waals surface area contributed by atoms with Crippen molar-refractivity contribution in [1.29, 1.82) is 0 Å². The van der Waals surface area contributed by atoms with Gasteiger partial charge in [-0.15, -0.1) is 0 Å². The van der Waals surface area contributed by atoms with Gasteiger partial charge in [0.2, 0.25) is 0 Å². The van der Waals surface area contributed by atoms with Crippen LogP contribution in [0, 0.1) is 0 Å². The molecule has 3 rings (SSSR count). The van der Waals surface area contributed by atoms with E-state index >= 15 is 0 Å². The Kier molecular flexibility index (Phi) is 3.33. The molecule has 0 saturated heterocycles. The lowest BCUT2D eigenvalue weighted by Crippen LogP contribution is -2.42. The minimum atomic E-state index is 0.247. The van der Waals surface area contributed by atoms with Gasteiger partial charge in [0.25, 0.3) is 0 Å². The quantitative estimate of drug-likeness (QED) is 0.821. The molecule has 0 radical (unpaired) electrons. The molecule has 2 aliphatic carbocycles. The largest absolute Gasteiger partial charge is 0.370 e. The van der Waals surface area contributed by atoms with Gasteiger partial charge in [0, 0.05) is 24.1 Å². The molecule has 2 aliphatic rings. The maximum absolute atomic E-state index is 4.71. The summed E-state index contributed by atoms with van der Waals surface area (Å²) in [5.74, 6) is 3.59. The first kappa shape index (κ1) is 12.7. The van der Waals surface area contributed by atoms with Crippen molar-refractivity contribution >= 4 is 11.6 Å². The Bertz CT molecular complexity index is 449. The Labute approximate surface area is 115 Å². The molecule has 0 aromatic carbocycles. The number of aromatic nitrogens is 2. The summed E-state index contributed by atoms with van der Waals surface area (Å²) in [6.45, 7) is 5.43. The zero-order valence-corrected chi connectivity index (χ0v) is 12.0. The molecule has 1 aromatic heterocycles. The zero-order valence-electron chi connectivity index (χ0n) is 12.0. The van der Waals surface area contributed by atoms with E-state index < -0.39 is 0 Å². The SMILES string of the molecule is CCCNc1cc(NC2(C)CCC2)nc(C2CC2)n1. The number of anilines is 2. The van der Waals surface area contributed by atoms with Crippen LogP contribution in [0.4, 0.5) is 11.6 Å². The van der Waals surface area contributed by atoms with Gasteiger partial charge in [-0.25, -0.2) is 9.97 Å². The van der Waals surface area contributed by atoms with Gasteiger partial charge in [0.05, 0.1) is 0 Å². The van der Waals surface area contributed by atoms with E-state index in [0.29, 0.717) is 5.92 Å². The van der Waals surface area contributed by atoms with E-state index in [0.717, 1.165) is 30.4 Å². The number of nitrogens with one attached hydrogen (secondary N) is 2. The van der Waals surface area contributed by atoms with E-state index in [9.17, 15) is 0 Å². The molecule has 4 heteroatoms. The fourth-order valence-electron chi connectivity index (χ4n) is 2.54. The van der Waals surface area contributed by atoms with E-state index in [1.165, 1.54) is 32.1 Å². The van der Waals surface area contributed by atoms with E-state index in [-0.39, 0.29) is 5.54 Å². The fourth-order valence-corrected chi connectivity index (χ4v) is 2.54. The van der Waals surface area contributed by atoms with Crippen LogP contribution in [0.25, 0.3) is 0 Å². The van der Waals surface area contributed by atoms with Crippen molar-refractivity contribution in [2.45, 2.75) is 63.8 Å². The lowest BCUT2D eigenvalue weighted by molar-refractivity contribution is 0.305. The molecule has 2 saturated carbocycles. The lowest BCUT2D eigenvalue weighted by atomic mass is 9.78. The average molecular weight is 260 g/mol. The van der Waals surface area contributed by atoms with Gasteiger partial charge in [0.15, 0.2) is 0 Å². The second-order valence-corrected chi connectivity index (χ2v) is 6.24. The Morgan fingerprint density at radius 2 is 2.00 bits per heavy atom. The smallest absolute Gasteiger partial charge is 0.136 e. The molecule has 0 aliphatic heterocycles. The van der Waals surface area contributed by atoms with Gasteiger partial charge >= 0.3 is 0 Å². The first-order valence-electron chi connectivity index (χ1n) is 7.59. The highest BCUT2D eigenvalue weighted by atomic mass is 15.1. The maximum atomic E-state index is 4.71. The van der Waals surface area contributed by atoms with Crippen molar-refractivity contribution in [2.24, 2.45) is 0 Å². The van der Waals surface area contributed by atoms with Crippen LogP contribution in [0.2, 0.25) is 0 Å². The normalized spacial score (nSPS) is 20.7. The first-order chi connectivity index (χ1) is 9.18. The van der Waals surface area contributed by atoms with Crippen LogP contribution in [0.3, 0.4) is 0 Å². The second kappa shape index (κ2) is 4.99. The van der Waals surface area contributed by atoms with E-state index in [2.05, 4.69) is 35.5 Å². The summed E-state index contributed by atoms with van der Waals surface area (Å²) in [7, 11) is 0. The molecule has 0 amide bonds. The van der Waals surface area contributed by atoms with Crippen molar-refractivity contribution in [2.75, 3.05) is 17.2 Å². The minimum absolute atomic E-state index is 0.247. The van der Waals surface area contributed by atoms with E-state index in [4.69, 9.17) is 4.98 Å². The highest BCUT2D eigenvalue weighted by Gasteiger charge is 2.33. The molecule has 0 bridgehead atoms. The summed E-state index contributed by atoms with van der Waals surface area (Å²) in [6, 6.07) is 2.06. The van der Waals surface area contributed by atoms with Crippen molar-refractivity contribution in [3.05, 3.63) is 11.9 Å². The summed E-state index contributed by atoms with van der Waals surface area (Å²) in [4.78, 5) is 9.35. The van der Waals surface area contributed by atoms with Gasteiger partial charge in [-0.2, -0.15) is 0 Å². The van der Waals surface area contributed by atoms with Gasteiger partial charge in [0.1, 0.15) is 17.5 Å². The van der Waals surface area contributed by atoms with Crippen molar-refractivity contribution in [3.63, 3.8) is 0 Å². The molecule has 4 nitrogen and oxygen atoms in total. The van der Waals surface area contributed by atoms with Crippen LogP contribution in [-0.4, -0.2) is 22.1 Å². The van der Waals surface area contributed by atoms with Crippen LogP contribution in [-0.2, 0) is 0 Å². The number of hydrogen-bond donors (Lipinski definition) is 2. The number of hydrogen-bond acceptors (Lipinski definition) is 4. The molecule has 1 heterocycles. The average Bonchev–Trinajstić information content (AvgIpc) is 3.18. The van der Waals surface area contributed by atoms with Crippen LogP contribution in [0.15, 0.2) is 6.07 Å². The third-order valence-electron chi connectivity index (χ3n) is 4.13. The van der Waals surface area contributed by atoms with Crippen molar-refractivity contribution in [1.82, 2.24) is 9.97 Å². The van der Waals surface area contributed by atoms with Crippen LogP contribution in [0.5, 0.6) is 0 Å². The number of rotatable bonds is 6. The molecule has 2 fully saturated rings. The van der Waals surface area contributed by atoms with Crippen molar-refractivity contribution in [3.8, 4) is 0 Å². The van der Waals surface area contributed by atoms with Gasteiger partial charge in [-0.3, -0.25) is 0 Å². The van der Waals surface area contributed by atoms with E-state index in [1.807, 2.05) is 0 Å². The summed E-state index contributed by atoms with van der Waals surface area (Å²) in [5.41, 5.74) is 0.247. The third-order valence-corrected chi connectivity index (χ3v) is 4.13. The van der Waals surface area contributed by atoms with Crippen LogP contribution >= 0.6 is 0 Å². The third kappa shape index (κ3) is 2.99. The summed E-state index contributed by atoms with van der Waals surface area (Å²) in [6.07, 6.45) is 7.41. The predicted octanol–water partition coefficient (Wildman–Crippen LogP) is 3.53. The molecule has 0 unspecified atom stereocenters. The Morgan fingerprint density at radius 3 is 2.58 bits per heavy atom. The highest BCUT2D eigenvalue weighted by molar-refractivity contribution is 5.50. The Balaban J connectivity index is 1.78. The lowest BCUT2D eigenvalue weighted by Gasteiger charge is -2.39. The molecule has 0 atom stereocenters. The number of nitrogens with zero attached hydrogens (tertiary/aromatic N) is 2. The second-order valence-electron chi connectivity index (χ2n) is 6.24. The molecular formula is C15H24N4. The summed E-state index contributed by atoms with van der Waals surface area (Å²) < 4.78 is 0. The highest BCUT2D eigenvalue weighted by Crippen LogP contribution is 2.40. The molecule has 1 aromatic rings. The molecule has 19 heavy (non-hydrogen) atoms. The minimum Gasteiger partial charge on any atom is -0.370 e. The van der Waals surface area contributed by atoms with Gasteiger partial charge in [-0.1, -0.05) is 6.92 Å². The predicted molar refractivity (Wildman–Crippen MR) is 78.7 cm³/mol. The van der Waals surface area contributed by atoms with E-state index in [1.54, 1.807) is 0 Å². The van der Waals surface area contributed by atoms with Crippen LogP contribution < -0.4 is 10.6 Å². The van der Waals surface area contributed by atoms with Crippen LogP contribution in [0.1, 0.15) is 64.1 Å². The Morgan fingerprint density at radius 1 is 1.26 bits per heavy atom. The zero-order chi connectivity index (χ0) is 13.3. The van der Waals surface area contributed by atoms with Crippen molar-refractivity contribution < 1.29 is 0 Å². The first-order valence-corrected chi connectivity index (χ1v) is 7.59. The standard InChI is InChI=1S/C15H24N4/c1-3-9-16-12-10-13(19-15(2)7-4-8-15)18-14(17-12)11-5-6-11/h10-11H,3-9H2,1-2H3,(H2,16,17,18,19). The summed E-state index contributed by atoms with van der Waals surface area (Å²) >= 11 is 0. The Hall–Kier alpha value is -1.32. The van der Waals surface area contributed by atoms with Gasteiger partial charge in [-0.05, 0) is 45.4 Å². The molecular weight excluding hydrogens is 236 g/mol. The fraction of sp³-hybridized carbons (Fsp3) is 0.733. The molecule has 0 spiro atoms. The summed E-state index contributed by atoms with van der Waals surface area (Å²) in [5, 5.41) is 6.99. The maximum Gasteiger partial charge on any atom is 0.136 e.